The minimum atomic E-state index is 0.576. The molecule has 0 radical (unpaired) electrons. The van der Waals surface area contributed by atoms with Crippen molar-refractivity contribution >= 4 is 17.2 Å². The number of hydrogen-bond acceptors (Lipinski definition) is 1. The molecule has 2 atom stereocenters. The molecule has 1 heterocycles. The van der Waals surface area contributed by atoms with Gasteiger partial charge in [-0.25, -0.2) is 0 Å². The Morgan fingerprint density at radius 2 is 2.50 bits per heavy atom. The van der Waals surface area contributed by atoms with Gasteiger partial charge in [-0.3, -0.25) is 0 Å². The lowest BCUT2D eigenvalue weighted by molar-refractivity contribution is 0.755. The van der Waals surface area contributed by atoms with Gasteiger partial charge in [0.2, 0.25) is 0 Å². The molecule has 2 heteroatoms. The van der Waals surface area contributed by atoms with Crippen LogP contribution in [0, 0.1) is 5.92 Å². The van der Waals surface area contributed by atoms with E-state index in [1.54, 1.807) is 0 Å². The fourth-order valence-electron chi connectivity index (χ4n) is 1.29. The predicted octanol–water partition coefficient (Wildman–Crippen LogP) is 0.862. The SMILES string of the molecule is S=C1N[C@H]2C=C[C@H]1C2. The normalized spacial score (nSPS) is 40.8. The molecular formula is C6H7NS. The Kier molecular flexibility index (Phi) is 0.742. The molecule has 0 aromatic carbocycles. The molecule has 0 spiro atoms. The average Bonchev–Trinajstić information content (AvgIpc) is 2.23. The number of thiocarbonyl (C=S) groups is 1. The van der Waals surface area contributed by atoms with E-state index < -0.39 is 0 Å². The molecule has 2 aliphatic rings. The zero-order chi connectivity index (χ0) is 5.56. The number of rotatable bonds is 0. The van der Waals surface area contributed by atoms with Gasteiger partial charge in [0.25, 0.3) is 0 Å². The number of nitrogens with one attached hydrogen (secondary N) is 1. The van der Waals surface area contributed by atoms with Crippen molar-refractivity contribution in [1.29, 1.82) is 0 Å². The number of fused-ring (bicyclic) bond motifs is 2. The second-order valence-electron chi connectivity index (χ2n) is 2.34. The zero-order valence-electron chi connectivity index (χ0n) is 4.42. The standard InChI is InChI=1S/C6H7NS/c8-6-4-1-2-5(3-4)7-6/h1-2,4-5H,3H2,(H,7,8)/t4-,5-/m0/s1. The molecule has 0 amide bonds. The molecule has 2 rings (SSSR count). The van der Waals surface area contributed by atoms with Gasteiger partial charge in [0, 0.05) is 12.0 Å². The van der Waals surface area contributed by atoms with E-state index >= 15 is 0 Å². The van der Waals surface area contributed by atoms with Crippen LogP contribution < -0.4 is 5.32 Å². The van der Waals surface area contributed by atoms with Gasteiger partial charge in [0.15, 0.2) is 0 Å². The van der Waals surface area contributed by atoms with Crippen molar-refractivity contribution in [2.24, 2.45) is 5.92 Å². The fourth-order valence-corrected chi connectivity index (χ4v) is 1.62. The van der Waals surface area contributed by atoms with Crippen LogP contribution in [-0.2, 0) is 0 Å². The first-order valence-electron chi connectivity index (χ1n) is 2.85. The van der Waals surface area contributed by atoms with Crippen LogP contribution in [0.1, 0.15) is 6.42 Å². The molecule has 0 aromatic heterocycles. The average molecular weight is 125 g/mol. The summed E-state index contributed by atoms with van der Waals surface area (Å²) in [6.07, 6.45) is 5.60. The van der Waals surface area contributed by atoms with Crippen LogP contribution in [0.15, 0.2) is 12.2 Å². The van der Waals surface area contributed by atoms with E-state index in [1.165, 1.54) is 6.42 Å². The summed E-state index contributed by atoms with van der Waals surface area (Å²) in [5.74, 6) is 0.579. The topological polar surface area (TPSA) is 12.0 Å². The minimum absolute atomic E-state index is 0.576. The Morgan fingerprint density at radius 3 is 2.75 bits per heavy atom. The molecule has 0 saturated carbocycles. The molecule has 0 unspecified atom stereocenters. The third-order valence-electron chi connectivity index (χ3n) is 1.75. The van der Waals surface area contributed by atoms with Crippen molar-refractivity contribution in [2.75, 3.05) is 0 Å². The van der Waals surface area contributed by atoms with Crippen LogP contribution in [0.2, 0.25) is 0 Å². The summed E-state index contributed by atoms with van der Waals surface area (Å²) in [6, 6.07) is 0.576. The summed E-state index contributed by atoms with van der Waals surface area (Å²) in [4.78, 5) is 1.04. The van der Waals surface area contributed by atoms with Gasteiger partial charge < -0.3 is 5.32 Å². The molecule has 1 fully saturated rings. The molecule has 1 aliphatic heterocycles. The molecular weight excluding hydrogens is 118 g/mol. The molecule has 1 N–H and O–H groups in total. The van der Waals surface area contributed by atoms with Crippen LogP contribution in [0.5, 0.6) is 0 Å². The molecule has 42 valence electrons. The summed E-state index contributed by atoms with van der Waals surface area (Å²) >= 11 is 5.01. The Morgan fingerprint density at radius 1 is 1.62 bits per heavy atom. The van der Waals surface area contributed by atoms with Crippen molar-refractivity contribution in [2.45, 2.75) is 12.5 Å². The first kappa shape index (κ1) is 4.50. The summed E-state index contributed by atoms with van der Waals surface area (Å²) < 4.78 is 0. The lowest BCUT2D eigenvalue weighted by Gasteiger charge is -2.05. The molecule has 8 heavy (non-hydrogen) atoms. The highest BCUT2D eigenvalue weighted by Crippen LogP contribution is 2.25. The van der Waals surface area contributed by atoms with E-state index in [-0.39, 0.29) is 0 Å². The predicted molar refractivity (Wildman–Crippen MR) is 36.8 cm³/mol. The summed E-state index contributed by atoms with van der Waals surface area (Å²) in [5.41, 5.74) is 0. The number of hydrogen-bond donors (Lipinski definition) is 1. The molecule has 1 nitrogen and oxygen atoms in total. The van der Waals surface area contributed by atoms with Gasteiger partial charge in [0.05, 0.1) is 4.99 Å². The van der Waals surface area contributed by atoms with E-state index in [0.717, 1.165) is 4.99 Å². The van der Waals surface area contributed by atoms with Crippen LogP contribution in [0.3, 0.4) is 0 Å². The van der Waals surface area contributed by atoms with E-state index in [0.29, 0.717) is 12.0 Å². The van der Waals surface area contributed by atoms with Gasteiger partial charge in [-0.2, -0.15) is 0 Å². The van der Waals surface area contributed by atoms with E-state index in [2.05, 4.69) is 17.5 Å². The van der Waals surface area contributed by atoms with Crippen molar-refractivity contribution in [3.8, 4) is 0 Å². The van der Waals surface area contributed by atoms with Crippen LogP contribution in [0.25, 0.3) is 0 Å². The monoisotopic (exact) mass is 125 g/mol. The van der Waals surface area contributed by atoms with Crippen molar-refractivity contribution in [1.82, 2.24) is 5.32 Å². The quantitative estimate of drug-likeness (QED) is 0.380. The second-order valence-corrected chi connectivity index (χ2v) is 2.78. The Balaban J connectivity index is 2.35. The summed E-state index contributed by atoms with van der Waals surface area (Å²) in [6.45, 7) is 0. The van der Waals surface area contributed by atoms with Crippen LogP contribution in [-0.4, -0.2) is 11.0 Å². The fraction of sp³-hybridized carbons (Fsp3) is 0.500. The maximum atomic E-state index is 5.01. The first-order valence-corrected chi connectivity index (χ1v) is 3.26. The van der Waals surface area contributed by atoms with E-state index in [1.807, 2.05) is 0 Å². The molecule has 2 bridgehead atoms. The summed E-state index contributed by atoms with van der Waals surface area (Å²) in [5, 5.41) is 3.20. The summed E-state index contributed by atoms with van der Waals surface area (Å²) in [7, 11) is 0. The van der Waals surface area contributed by atoms with Crippen molar-refractivity contribution in [3.05, 3.63) is 12.2 Å². The minimum Gasteiger partial charge on any atom is -0.373 e. The highest BCUT2D eigenvalue weighted by molar-refractivity contribution is 7.80. The van der Waals surface area contributed by atoms with Crippen LogP contribution >= 0.6 is 12.2 Å². The lowest BCUT2D eigenvalue weighted by Crippen LogP contribution is -2.25. The van der Waals surface area contributed by atoms with E-state index in [9.17, 15) is 0 Å². The van der Waals surface area contributed by atoms with E-state index in [4.69, 9.17) is 12.2 Å². The Labute approximate surface area is 53.8 Å². The highest BCUT2D eigenvalue weighted by Gasteiger charge is 2.29. The van der Waals surface area contributed by atoms with Crippen molar-refractivity contribution < 1.29 is 0 Å². The maximum absolute atomic E-state index is 5.01. The van der Waals surface area contributed by atoms with Gasteiger partial charge in [-0.15, -0.1) is 0 Å². The van der Waals surface area contributed by atoms with Crippen LogP contribution in [0.4, 0.5) is 0 Å². The Hall–Kier alpha value is -0.370. The Bertz CT molecular complexity index is 162. The van der Waals surface area contributed by atoms with Crippen molar-refractivity contribution in [3.63, 3.8) is 0 Å². The molecule has 1 aliphatic carbocycles. The first-order chi connectivity index (χ1) is 3.86. The molecule has 0 aromatic rings. The smallest absolute Gasteiger partial charge is 0.0828 e. The van der Waals surface area contributed by atoms with Gasteiger partial charge >= 0.3 is 0 Å². The third kappa shape index (κ3) is 0.436. The maximum Gasteiger partial charge on any atom is 0.0828 e. The van der Waals surface area contributed by atoms with Gasteiger partial charge in [0.1, 0.15) is 0 Å². The van der Waals surface area contributed by atoms with Gasteiger partial charge in [-0.1, -0.05) is 24.4 Å². The zero-order valence-corrected chi connectivity index (χ0v) is 5.24. The molecule has 1 saturated heterocycles. The van der Waals surface area contributed by atoms with Gasteiger partial charge in [-0.05, 0) is 6.42 Å². The lowest BCUT2D eigenvalue weighted by atomic mass is 10.2. The second kappa shape index (κ2) is 1.32. The largest absolute Gasteiger partial charge is 0.373 e. The third-order valence-corrected chi connectivity index (χ3v) is 2.17. The highest BCUT2D eigenvalue weighted by atomic mass is 32.1.